The molecular formula is C23H21N5O. The first-order valence-electron chi connectivity index (χ1n) is 9.29. The topological polar surface area (TPSA) is 72.0 Å². The van der Waals surface area contributed by atoms with E-state index in [0.29, 0.717) is 12.5 Å². The van der Waals surface area contributed by atoms with Gasteiger partial charge < -0.3 is 15.4 Å². The van der Waals surface area contributed by atoms with Gasteiger partial charge in [0.15, 0.2) is 0 Å². The standard InChI is InChI=1S/C23H21N5O/c1-29-20-12-10-18(11-13-20)26-23-27-21(17-7-3-2-4-8-17)15-22(28-23)25-16-19-9-5-6-14-24-19/h2-15H,16H2,1H3,(H2,25,26,27,28). The Labute approximate surface area is 169 Å². The van der Waals surface area contributed by atoms with E-state index < -0.39 is 0 Å². The second-order valence-corrected chi connectivity index (χ2v) is 6.36. The van der Waals surface area contributed by atoms with Crippen molar-refractivity contribution < 1.29 is 4.74 Å². The van der Waals surface area contributed by atoms with Gasteiger partial charge in [-0.05, 0) is 36.4 Å². The van der Waals surface area contributed by atoms with E-state index in [-0.39, 0.29) is 0 Å². The van der Waals surface area contributed by atoms with Crippen LogP contribution in [0.4, 0.5) is 17.5 Å². The van der Waals surface area contributed by atoms with Gasteiger partial charge in [0, 0.05) is 23.5 Å². The van der Waals surface area contributed by atoms with Crippen molar-refractivity contribution in [2.75, 3.05) is 17.7 Å². The van der Waals surface area contributed by atoms with Crippen LogP contribution in [0.5, 0.6) is 5.75 Å². The van der Waals surface area contributed by atoms with Crippen molar-refractivity contribution in [3.63, 3.8) is 0 Å². The molecule has 0 fully saturated rings. The summed E-state index contributed by atoms with van der Waals surface area (Å²) in [7, 11) is 1.65. The Balaban J connectivity index is 1.62. The third kappa shape index (κ3) is 4.87. The minimum absolute atomic E-state index is 0.514. The Morgan fingerprint density at radius 2 is 1.66 bits per heavy atom. The molecule has 0 unspecified atom stereocenters. The van der Waals surface area contributed by atoms with E-state index in [2.05, 4.69) is 25.6 Å². The van der Waals surface area contributed by atoms with Crippen molar-refractivity contribution in [1.29, 1.82) is 0 Å². The van der Waals surface area contributed by atoms with Gasteiger partial charge >= 0.3 is 0 Å². The van der Waals surface area contributed by atoms with Crippen LogP contribution >= 0.6 is 0 Å². The van der Waals surface area contributed by atoms with Crippen LogP contribution in [-0.4, -0.2) is 22.1 Å². The van der Waals surface area contributed by atoms with E-state index in [9.17, 15) is 0 Å². The molecule has 6 nitrogen and oxygen atoms in total. The minimum Gasteiger partial charge on any atom is -0.497 e. The highest BCUT2D eigenvalue weighted by Crippen LogP contribution is 2.24. The van der Waals surface area contributed by atoms with E-state index in [1.54, 1.807) is 13.3 Å². The van der Waals surface area contributed by atoms with Crippen molar-refractivity contribution >= 4 is 17.5 Å². The lowest BCUT2D eigenvalue weighted by Gasteiger charge is -2.12. The van der Waals surface area contributed by atoms with Crippen LogP contribution in [0.15, 0.2) is 85.1 Å². The van der Waals surface area contributed by atoms with E-state index in [1.165, 1.54) is 0 Å². The number of rotatable bonds is 7. The van der Waals surface area contributed by atoms with E-state index in [1.807, 2.05) is 78.9 Å². The number of ether oxygens (including phenoxy) is 1. The molecule has 0 spiro atoms. The summed E-state index contributed by atoms with van der Waals surface area (Å²) in [5.41, 5.74) is 3.68. The van der Waals surface area contributed by atoms with E-state index in [4.69, 9.17) is 4.74 Å². The zero-order chi connectivity index (χ0) is 19.9. The van der Waals surface area contributed by atoms with Crippen molar-refractivity contribution in [2.45, 2.75) is 6.54 Å². The Bertz CT molecular complexity index is 1050. The van der Waals surface area contributed by atoms with Gasteiger partial charge in [-0.15, -0.1) is 0 Å². The van der Waals surface area contributed by atoms with Gasteiger partial charge in [0.1, 0.15) is 11.6 Å². The van der Waals surface area contributed by atoms with Crippen molar-refractivity contribution in [3.05, 3.63) is 90.8 Å². The van der Waals surface area contributed by atoms with Crippen molar-refractivity contribution in [3.8, 4) is 17.0 Å². The number of hydrogen-bond donors (Lipinski definition) is 2. The lowest BCUT2D eigenvalue weighted by molar-refractivity contribution is 0.415. The maximum Gasteiger partial charge on any atom is 0.229 e. The van der Waals surface area contributed by atoms with Crippen molar-refractivity contribution in [1.82, 2.24) is 15.0 Å². The zero-order valence-electron chi connectivity index (χ0n) is 16.0. The molecule has 2 N–H and O–H groups in total. The highest BCUT2D eigenvalue weighted by Gasteiger charge is 2.08. The van der Waals surface area contributed by atoms with Gasteiger partial charge in [-0.1, -0.05) is 36.4 Å². The number of nitrogens with zero attached hydrogens (tertiary/aromatic N) is 3. The number of pyridine rings is 1. The summed E-state index contributed by atoms with van der Waals surface area (Å²) in [5, 5.41) is 6.61. The minimum atomic E-state index is 0.514. The normalized spacial score (nSPS) is 10.4. The van der Waals surface area contributed by atoms with Gasteiger partial charge in [0.05, 0.1) is 25.0 Å². The lowest BCUT2D eigenvalue weighted by Crippen LogP contribution is -2.06. The van der Waals surface area contributed by atoms with Crippen molar-refractivity contribution in [2.24, 2.45) is 0 Å². The second kappa shape index (κ2) is 8.84. The smallest absolute Gasteiger partial charge is 0.229 e. The summed E-state index contributed by atoms with van der Waals surface area (Å²) in [5.74, 6) is 2.03. The molecule has 2 heterocycles. The lowest BCUT2D eigenvalue weighted by atomic mass is 10.1. The zero-order valence-corrected chi connectivity index (χ0v) is 16.0. The molecule has 0 bridgehead atoms. The second-order valence-electron chi connectivity index (χ2n) is 6.36. The Hall–Kier alpha value is -3.93. The quantitative estimate of drug-likeness (QED) is 0.473. The number of hydrogen-bond acceptors (Lipinski definition) is 6. The highest BCUT2D eigenvalue weighted by atomic mass is 16.5. The van der Waals surface area contributed by atoms with Crippen LogP contribution in [0.1, 0.15) is 5.69 Å². The maximum absolute atomic E-state index is 5.21. The van der Waals surface area contributed by atoms with Crippen LogP contribution < -0.4 is 15.4 Å². The molecule has 29 heavy (non-hydrogen) atoms. The molecular weight excluding hydrogens is 362 g/mol. The highest BCUT2D eigenvalue weighted by molar-refractivity contribution is 5.66. The van der Waals surface area contributed by atoms with Crippen LogP contribution in [0.25, 0.3) is 11.3 Å². The summed E-state index contributed by atoms with van der Waals surface area (Å²) in [6.45, 7) is 0.577. The van der Waals surface area contributed by atoms with Crippen LogP contribution in [-0.2, 0) is 6.54 Å². The molecule has 144 valence electrons. The summed E-state index contributed by atoms with van der Waals surface area (Å²) in [6, 6.07) is 25.5. The molecule has 0 saturated carbocycles. The maximum atomic E-state index is 5.21. The molecule has 0 saturated heterocycles. The van der Waals surface area contributed by atoms with Gasteiger partial charge in [-0.2, -0.15) is 4.98 Å². The monoisotopic (exact) mass is 383 g/mol. The number of nitrogens with one attached hydrogen (secondary N) is 2. The summed E-state index contributed by atoms with van der Waals surface area (Å²) >= 11 is 0. The molecule has 0 radical (unpaired) electrons. The fraction of sp³-hybridized carbons (Fsp3) is 0.0870. The Kier molecular flexibility index (Phi) is 5.62. The largest absolute Gasteiger partial charge is 0.497 e. The molecule has 0 amide bonds. The third-order valence-corrected chi connectivity index (χ3v) is 4.32. The number of anilines is 3. The van der Waals surface area contributed by atoms with E-state index in [0.717, 1.165) is 34.2 Å². The first-order valence-corrected chi connectivity index (χ1v) is 9.29. The SMILES string of the molecule is COc1ccc(Nc2nc(NCc3ccccn3)cc(-c3ccccc3)n2)cc1. The molecule has 0 aliphatic carbocycles. The Morgan fingerprint density at radius 3 is 2.38 bits per heavy atom. The van der Waals surface area contributed by atoms with E-state index >= 15 is 0 Å². The Morgan fingerprint density at radius 1 is 0.862 bits per heavy atom. The fourth-order valence-corrected chi connectivity index (χ4v) is 2.84. The fourth-order valence-electron chi connectivity index (χ4n) is 2.84. The number of aromatic nitrogens is 3. The average molecular weight is 383 g/mol. The summed E-state index contributed by atoms with van der Waals surface area (Å²) in [6.07, 6.45) is 1.78. The van der Waals surface area contributed by atoms with Crippen LogP contribution in [0.2, 0.25) is 0 Å². The summed E-state index contributed by atoms with van der Waals surface area (Å²) < 4.78 is 5.21. The third-order valence-electron chi connectivity index (χ3n) is 4.32. The molecule has 2 aromatic carbocycles. The van der Waals surface area contributed by atoms with Gasteiger partial charge in [0.25, 0.3) is 0 Å². The van der Waals surface area contributed by atoms with Gasteiger partial charge in [0.2, 0.25) is 5.95 Å². The number of methoxy groups -OCH3 is 1. The molecule has 6 heteroatoms. The number of benzene rings is 2. The van der Waals surface area contributed by atoms with Gasteiger partial charge in [-0.3, -0.25) is 4.98 Å². The molecule has 2 aromatic heterocycles. The predicted molar refractivity (Wildman–Crippen MR) is 115 cm³/mol. The molecule has 0 aliphatic rings. The molecule has 0 aliphatic heterocycles. The molecule has 4 rings (SSSR count). The first-order chi connectivity index (χ1) is 14.3. The van der Waals surface area contributed by atoms with Crippen LogP contribution in [0, 0.1) is 0 Å². The molecule has 0 atom stereocenters. The van der Waals surface area contributed by atoms with Gasteiger partial charge in [-0.25, -0.2) is 4.98 Å². The average Bonchev–Trinajstić information content (AvgIpc) is 2.79. The first kappa shape index (κ1) is 18.4. The molecule has 4 aromatic rings. The summed E-state index contributed by atoms with van der Waals surface area (Å²) in [4.78, 5) is 13.7. The predicted octanol–water partition coefficient (Wildman–Crippen LogP) is 4.90. The van der Waals surface area contributed by atoms with Crippen LogP contribution in [0.3, 0.4) is 0 Å².